The van der Waals surface area contributed by atoms with Crippen molar-refractivity contribution in [3.63, 3.8) is 0 Å². The van der Waals surface area contributed by atoms with Crippen molar-refractivity contribution in [3.8, 4) is 11.0 Å². The zero-order valence-electron chi connectivity index (χ0n) is 7.37. The minimum absolute atomic E-state index is 0.591. The zero-order chi connectivity index (χ0) is 9.97. The summed E-state index contributed by atoms with van der Waals surface area (Å²) in [7, 11) is 0. The Hall–Kier alpha value is -0.785. The van der Waals surface area contributed by atoms with Gasteiger partial charge in [0, 0.05) is 0 Å². The fraction of sp³-hybridized carbons (Fsp3) is 0. The Morgan fingerprint density at radius 3 is 2.50 bits per heavy atom. The van der Waals surface area contributed by atoms with Crippen molar-refractivity contribution < 1.29 is 0 Å². The van der Waals surface area contributed by atoms with Gasteiger partial charge in [0.15, 0.2) is 0 Å². The van der Waals surface area contributed by atoms with Crippen molar-refractivity contribution in [2.24, 2.45) is 0 Å². The molecule has 0 fully saturated rings. The van der Waals surface area contributed by atoms with Crippen LogP contribution in [0.2, 0.25) is 10.0 Å². The molecular weight excluding hydrogens is 214 g/mol. The first kappa shape index (κ1) is 9.76. The van der Waals surface area contributed by atoms with Gasteiger partial charge in [-0.25, -0.2) is 0 Å². The van der Waals surface area contributed by atoms with Gasteiger partial charge in [-0.1, -0.05) is 0 Å². The Morgan fingerprint density at radius 1 is 0.929 bits per heavy atom. The van der Waals surface area contributed by atoms with Crippen LogP contribution in [0.4, 0.5) is 0 Å². The average molecular weight is 221 g/mol. The second-order valence-corrected chi connectivity index (χ2v) is 3.75. The van der Waals surface area contributed by atoms with Gasteiger partial charge in [-0.2, -0.15) is 0 Å². The second-order valence-electron chi connectivity index (χ2n) is 2.97. The van der Waals surface area contributed by atoms with Crippen molar-refractivity contribution in [1.29, 1.82) is 0 Å². The van der Waals surface area contributed by atoms with E-state index in [9.17, 15) is 0 Å². The van der Waals surface area contributed by atoms with Crippen molar-refractivity contribution in [2.75, 3.05) is 0 Å². The molecule has 1 aromatic carbocycles. The summed E-state index contributed by atoms with van der Waals surface area (Å²) < 4.78 is 0. The van der Waals surface area contributed by atoms with Gasteiger partial charge in [0.05, 0.1) is 0 Å². The van der Waals surface area contributed by atoms with Crippen LogP contribution in [0.5, 0.6) is 0 Å². The molecule has 0 nitrogen and oxygen atoms in total. The third-order valence-electron chi connectivity index (χ3n) is 2.04. The summed E-state index contributed by atoms with van der Waals surface area (Å²) in [5, 5.41) is 1.20. The summed E-state index contributed by atoms with van der Waals surface area (Å²) in [5.41, 5.74) is 2.06. The van der Waals surface area contributed by atoms with E-state index in [0.29, 0.717) is 10.0 Å². The summed E-state index contributed by atoms with van der Waals surface area (Å²) in [6.07, 6.45) is 0. The first-order valence-electron chi connectivity index (χ1n) is 4.28. The minimum atomic E-state index is 0.591. The summed E-state index contributed by atoms with van der Waals surface area (Å²) >= 11 is 12.0. The molecular formula is C11H7BCl2. The number of halogens is 2. The molecule has 1 aromatic heterocycles. The molecule has 0 spiro atoms. The van der Waals surface area contributed by atoms with Gasteiger partial charge in [-0.3, -0.25) is 0 Å². The Kier molecular flexibility index (Phi) is 2.90. The standard InChI is InChI=1S/C11H7BCl2/c13-10-6-3-4-8(11(10)14)9-5-1-2-7-12-9/h1-7H. The summed E-state index contributed by atoms with van der Waals surface area (Å²) in [6, 6.07) is 11.6. The van der Waals surface area contributed by atoms with Crippen molar-refractivity contribution >= 4 is 30.1 Å². The van der Waals surface area contributed by atoms with E-state index < -0.39 is 0 Å². The SMILES string of the molecule is Clc1cccc(-c2bcccc2)c1Cl. The van der Waals surface area contributed by atoms with Crippen LogP contribution in [0, 0.1) is 0 Å². The number of hydrogen-bond acceptors (Lipinski definition) is 0. The Labute approximate surface area is 93.7 Å². The van der Waals surface area contributed by atoms with Crippen LogP contribution >= 0.6 is 23.2 Å². The van der Waals surface area contributed by atoms with Gasteiger partial charge in [0.25, 0.3) is 0 Å². The fourth-order valence-corrected chi connectivity index (χ4v) is 1.75. The van der Waals surface area contributed by atoms with Gasteiger partial charge in [0.2, 0.25) is 0 Å². The normalized spacial score (nSPS) is 9.86. The summed E-state index contributed by atoms with van der Waals surface area (Å²) in [6.45, 7) is 2.01. The van der Waals surface area contributed by atoms with E-state index in [2.05, 4.69) is 0 Å². The summed E-state index contributed by atoms with van der Waals surface area (Å²) in [4.78, 5) is 0. The molecule has 0 aliphatic rings. The molecule has 2 aromatic rings. The van der Waals surface area contributed by atoms with E-state index in [1.54, 1.807) is 6.07 Å². The van der Waals surface area contributed by atoms with E-state index in [-0.39, 0.29) is 0 Å². The van der Waals surface area contributed by atoms with Crippen LogP contribution in [0.3, 0.4) is 0 Å². The third-order valence-corrected chi connectivity index (χ3v) is 2.86. The van der Waals surface area contributed by atoms with E-state index in [1.165, 1.54) is 0 Å². The van der Waals surface area contributed by atoms with Crippen molar-refractivity contribution in [1.82, 2.24) is 0 Å². The molecule has 68 valence electrons. The first-order chi connectivity index (χ1) is 6.79. The molecule has 1 heterocycles. The quantitative estimate of drug-likeness (QED) is 0.682. The monoisotopic (exact) mass is 220 g/mol. The molecule has 0 unspecified atom stereocenters. The molecule has 0 bridgehead atoms. The van der Waals surface area contributed by atoms with Crippen LogP contribution in [-0.2, 0) is 0 Å². The van der Waals surface area contributed by atoms with Gasteiger partial charge >= 0.3 is 93.5 Å². The molecule has 0 saturated heterocycles. The average Bonchev–Trinajstić information content (AvgIpc) is 2.23. The molecule has 0 radical (unpaired) electrons. The number of hydrogen-bond donors (Lipinski definition) is 0. The maximum atomic E-state index is 6.10. The predicted octanol–water partition coefficient (Wildman–Crippen LogP) is 4.00. The molecule has 0 aliphatic carbocycles. The molecule has 3 heteroatoms. The first-order valence-corrected chi connectivity index (χ1v) is 5.04. The Balaban J connectivity index is 2.58. The van der Waals surface area contributed by atoms with Gasteiger partial charge in [-0.05, 0) is 0 Å². The van der Waals surface area contributed by atoms with E-state index in [1.807, 2.05) is 43.2 Å². The van der Waals surface area contributed by atoms with Crippen LogP contribution in [-0.4, -0.2) is 6.91 Å². The second kappa shape index (κ2) is 4.16. The molecule has 2 rings (SSSR count). The molecule has 0 saturated carbocycles. The zero-order valence-corrected chi connectivity index (χ0v) is 8.89. The van der Waals surface area contributed by atoms with Crippen LogP contribution in [0.15, 0.2) is 42.4 Å². The summed E-state index contributed by atoms with van der Waals surface area (Å²) in [5.74, 6) is 1.98. The Bertz CT molecular complexity index is 440. The molecule has 0 amide bonds. The maximum absolute atomic E-state index is 6.10. The van der Waals surface area contributed by atoms with Crippen LogP contribution in [0.25, 0.3) is 11.0 Å². The molecule has 14 heavy (non-hydrogen) atoms. The van der Waals surface area contributed by atoms with Crippen molar-refractivity contribution in [2.45, 2.75) is 0 Å². The van der Waals surface area contributed by atoms with Gasteiger partial charge in [0.1, 0.15) is 0 Å². The number of rotatable bonds is 1. The molecule has 0 aliphatic heterocycles. The molecule has 0 N–H and O–H groups in total. The predicted molar refractivity (Wildman–Crippen MR) is 63.2 cm³/mol. The third kappa shape index (κ3) is 1.84. The Morgan fingerprint density at radius 2 is 1.79 bits per heavy atom. The van der Waals surface area contributed by atoms with Crippen molar-refractivity contribution in [3.05, 3.63) is 52.4 Å². The van der Waals surface area contributed by atoms with Gasteiger partial charge in [-0.15, -0.1) is 0 Å². The van der Waals surface area contributed by atoms with Crippen LogP contribution in [0.1, 0.15) is 0 Å². The van der Waals surface area contributed by atoms with E-state index >= 15 is 0 Å². The molecule has 0 atom stereocenters. The van der Waals surface area contributed by atoms with Gasteiger partial charge < -0.3 is 0 Å². The van der Waals surface area contributed by atoms with Crippen LogP contribution < -0.4 is 0 Å². The van der Waals surface area contributed by atoms with E-state index in [4.69, 9.17) is 23.2 Å². The fourth-order valence-electron chi connectivity index (χ4n) is 1.34. The topological polar surface area (TPSA) is 0 Å². The van der Waals surface area contributed by atoms with E-state index in [0.717, 1.165) is 11.0 Å². The number of benzene rings is 1.